The highest BCUT2D eigenvalue weighted by Gasteiger charge is 2.06. The van der Waals surface area contributed by atoms with Gasteiger partial charge in [-0.25, -0.2) is 0 Å². The molecular formula is C9H15ClN2. The lowest BCUT2D eigenvalue weighted by Crippen LogP contribution is -2.03. The number of hydrogen-bond donors (Lipinski definition) is 0. The van der Waals surface area contributed by atoms with Crippen LogP contribution in [0, 0.1) is 0 Å². The summed E-state index contributed by atoms with van der Waals surface area (Å²) in [6.45, 7) is 5.21. The van der Waals surface area contributed by atoms with Crippen LogP contribution in [-0.4, -0.2) is 9.78 Å². The van der Waals surface area contributed by atoms with E-state index in [0.29, 0.717) is 5.88 Å². The summed E-state index contributed by atoms with van der Waals surface area (Å²) in [5.41, 5.74) is 2.48. The Morgan fingerprint density at radius 2 is 2.25 bits per heavy atom. The fourth-order valence-electron chi connectivity index (χ4n) is 1.36. The van der Waals surface area contributed by atoms with Crippen LogP contribution in [0.3, 0.4) is 0 Å². The number of rotatable bonds is 4. The number of aryl methyl sites for hydroxylation is 1. The molecule has 0 fully saturated rings. The maximum absolute atomic E-state index is 5.78. The fraction of sp³-hybridized carbons (Fsp3) is 0.667. The van der Waals surface area contributed by atoms with Crippen molar-refractivity contribution in [3.8, 4) is 0 Å². The van der Waals surface area contributed by atoms with Gasteiger partial charge in [-0.1, -0.05) is 13.3 Å². The van der Waals surface area contributed by atoms with E-state index < -0.39 is 0 Å². The molecule has 0 atom stereocenters. The van der Waals surface area contributed by atoms with E-state index in [1.165, 1.54) is 11.3 Å². The molecule has 0 aliphatic rings. The molecule has 0 unspecified atom stereocenters. The zero-order valence-corrected chi connectivity index (χ0v) is 8.43. The predicted molar refractivity (Wildman–Crippen MR) is 51.5 cm³/mol. The molecule has 1 aromatic rings. The van der Waals surface area contributed by atoms with Crippen molar-refractivity contribution in [1.29, 1.82) is 0 Å². The Bertz CT molecular complexity index is 221. The number of alkyl halides is 1. The van der Waals surface area contributed by atoms with E-state index in [4.69, 9.17) is 11.6 Å². The molecule has 0 saturated carbocycles. The van der Waals surface area contributed by atoms with Gasteiger partial charge in [-0.2, -0.15) is 5.10 Å². The van der Waals surface area contributed by atoms with Gasteiger partial charge in [-0.15, -0.1) is 11.6 Å². The highest BCUT2D eigenvalue weighted by molar-refractivity contribution is 6.17. The summed E-state index contributed by atoms with van der Waals surface area (Å²) in [7, 11) is 0. The molecule has 2 nitrogen and oxygen atoms in total. The molecular weight excluding hydrogens is 172 g/mol. The maximum Gasteiger partial charge on any atom is 0.0536 e. The molecule has 0 aromatic carbocycles. The van der Waals surface area contributed by atoms with E-state index in [9.17, 15) is 0 Å². The first-order valence-corrected chi connectivity index (χ1v) is 4.96. The van der Waals surface area contributed by atoms with Gasteiger partial charge >= 0.3 is 0 Å². The van der Waals surface area contributed by atoms with Crippen LogP contribution in [0.2, 0.25) is 0 Å². The Kier molecular flexibility index (Phi) is 3.60. The molecule has 68 valence electrons. The zero-order valence-electron chi connectivity index (χ0n) is 7.68. The summed E-state index contributed by atoms with van der Waals surface area (Å²) in [5, 5.41) is 4.26. The SMILES string of the molecule is CCCc1c(CCl)cnn1CC. The summed E-state index contributed by atoms with van der Waals surface area (Å²) < 4.78 is 2.03. The zero-order chi connectivity index (χ0) is 8.97. The smallest absolute Gasteiger partial charge is 0.0536 e. The number of hydrogen-bond acceptors (Lipinski definition) is 1. The summed E-state index contributed by atoms with van der Waals surface area (Å²) in [4.78, 5) is 0. The lowest BCUT2D eigenvalue weighted by atomic mass is 10.2. The molecule has 0 aliphatic heterocycles. The van der Waals surface area contributed by atoms with Gasteiger partial charge < -0.3 is 0 Å². The number of aromatic nitrogens is 2. The van der Waals surface area contributed by atoms with Crippen molar-refractivity contribution in [3.63, 3.8) is 0 Å². The van der Waals surface area contributed by atoms with Gasteiger partial charge in [0.1, 0.15) is 0 Å². The topological polar surface area (TPSA) is 17.8 Å². The average Bonchev–Trinajstić information content (AvgIpc) is 2.48. The van der Waals surface area contributed by atoms with Crippen molar-refractivity contribution in [2.24, 2.45) is 0 Å². The van der Waals surface area contributed by atoms with Gasteiger partial charge in [0.05, 0.1) is 12.1 Å². The Morgan fingerprint density at radius 3 is 2.75 bits per heavy atom. The Labute approximate surface area is 78.5 Å². The molecule has 0 N–H and O–H groups in total. The monoisotopic (exact) mass is 186 g/mol. The summed E-state index contributed by atoms with van der Waals surface area (Å²) in [6.07, 6.45) is 4.10. The Hall–Kier alpha value is -0.500. The lowest BCUT2D eigenvalue weighted by Gasteiger charge is -2.04. The van der Waals surface area contributed by atoms with Crippen molar-refractivity contribution >= 4 is 11.6 Å². The van der Waals surface area contributed by atoms with Crippen LogP contribution in [0.5, 0.6) is 0 Å². The highest BCUT2D eigenvalue weighted by Crippen LogP contribution is 2.13. The van der Waals surface area contributed by atoms with Gasteiger partial charge in [0, 0.05) is 17.8 Å². The minimum absolute atomic E-state index is 0.579. The van der Waals surface area contributed by atoms with E-state index in [2.05, 4.69) is 18.9 Å². The second kappa shape index (κ2) is 4.51. The second-order valence-electron chi connectivity index (χ2n) is 2.82. The third-order valence-corrected chi connectivity index (χ3v) is 2.25. The second-order valence-corrected chi connectivity index (χ2v) is 3.08. The number of nitrogens with zero attached hydrogens (tertiary/aromatic N) is 2. The van der Waals surface area contributed by atoms with Crippen molar-refractivity contribution in [3.05, 3.63) is 17.5 Å². The average molecular weight is 187 g/mol. The van der Waals surface area contributed by atoms with E-state index in [0.717, 1.165) is 19.4 Å². The molecule has 1 heterocycles. The molecule has 3 heteroatoms. The first kappa shape index (κ1) is 9.59. The van der Waals surface area contributed by atoms with Crippen molar-refractivity contribution in [1.82, 2.24) is 9.78 Å². The van der Waals surface area contributed by atoms with Crippen LogP contribution < -0.4 is 0 Å². The molecule has 0 saturated heterocycles. The molecule has 0 radical (unpaired) electrons. The predicted octanol–water partition coefficient (Wildman–Crippen LogP) is 2.59. The summed E-state index contributed by atoms with van der Waals surface area (Å²) in [6, 6.07) is 0. The minimum Gasteiger partial charge on any atom is -0.270 e. The molecule has 1 aromatic heterocycles. The molecule has 12 heavy (non-hydrogen) atoms. The van der Waals surface area contributed by atoms with Crippen LogP contribution in [-0.2, 0) is 18.8 Å². The first-order chi connectivity index (χ1) is 5.83. The van der Waals surface area contributed by atoms with E-state index in [1.807, 2.05) is 10.9 Å². The molecule has 0 bridgehead atoms. The van der Waals surface area contributed by atoms with E-state index in [-0.39, 0.29) is 0 Å². The molecule has 1 rings (SSSR count). The largest absolute Gasteiger partial charge is 0.270 e. The van der Waals surface area contributed by atoms with Gasteiger partial charge in [0.15, 0.2) is 0 Å². The normalized spacial score (nSPS) is 10.6. The molecule has 0 aliphatic carbocycles. The van der Waals surface area contributed by atoms with Gasteiger partial charge in [-0.3, -0.25) is 4.68 Å². The standard InChI is InChI=1S/C9H15ClN2/c1-3-5-9-8(6-10)7-11-12(9)4-2/h7H,3-6H2,1-2H3. The highest BCUT2D eigenvalue weighted by atomic mass is 35.5. The van der Waals surface area contributed by atoms with Crippen LogP contribution in [0.25, 0.3) is 0 Å². The van der Waals surface area contributed by atoms with Crippen LogP contribution in [0.15, 0.2) is 6.20 Å². The van der Waals surface area contributed by atoms with Gasteiger partial charge in [0.2, 0.25) is 0 Å². The maximum atomic E-state index is 5.78. The van der Waals surface area contributed by atoms with E-state index >= 15 is 0 Å². The summed E-state index contributed by atoms with van der Waals surface area (Å²) >= 11 is 5.78. The lowest BCUT2D eigenvalue weighted by molar-refractivity contribution is 0.614. The minimum atomic E-state index is 0.579. The summed E-state index contributed by atoms with van der Waals surface area (Å²) in [5.74, 6) is 0.579. The van der Waals surface area contributed by atoms with Crippen molar-refractivity contribution < 1.29 is 0 Å². The van der Waals surface area contributed by atoms with Crippen molar-refractivity contribution in [2.75, 3.05) is 0 Å². The van der Waals surface area contributed by atoms with E-state index in [1.54, 1.807) is 0 Å². The van der Waals surface area contributed by atoms with Crippen molar-refractivity contribution in [2.45, 2.75) is 39.1 Å². The molecule has 0 amide bonds. The van der Waals surface area contributed by atoms with Crippen LogP contribution >= 0.6 is 11.6 Å². The third-order valence-electron chi connectivity index (χ3n) is 1.97. The fourth-order valence-corrected chi connectivity index (χ4v) is 1.58. The Morgan fingerprint density at radius 1 is 1.50 bits per heavy atom. The quantitative estimate of drug-likeness (QED) is 0.661. The van der Waals surface area contributed by atoms with Gasteiger partial charge in [-0.05, 0) is 13.3 Å². The number of halogens is 1. The molecule has 0 spiro atoms. The third kappa shape index (κ3) is 1.81. The van der Waals surface area contributed by atoms with Gasteiger partial charge in [0.25, 0.3) is 0 Å². The van der Waals surface area contributed by atoms with Crippen LogP contribution in [0.1, 0.15) is 31.5 Å². The van der Waals surface area contributed by atoms with Crippen LogP contribution in [0.4, 0.5) is 0 Å². The Balaban J connectivity index is 2.90. The first-order valence-electron chi connectivity index (χ1n) is 4.43.